The number of amides is 1. The molecule has 1 aliphatic rings. The van der Waals surface area contributed by atoms with Gasteiger partial charge < -0.3 is 10.0 Å². The van der Waals surface area contributed by atoms with E-state index >= 15 is 0 Å². The highest BCUT2D eigenvalue weighted by atomic mass is 35.5. The van der Waals surface area contributed by atoms with Crippen molar-refractivity contribution in [3.05, 3.63) is 59.0 Å². The molecule has 160 valence electrons. The number of hydrogen-bond donors (Lipinski definition) is 1. The number of aliphatic hydroxyl groups is 1. The van der Waals surface area contributed by atoms with Crippen molar-refractivity contribution in [1.29, 1.82) is 0 Å². The first-order chi connectivity index (χ1) is 13.7. The van der Waals surface area contributed by atoms with Crippen LogP contribution in [0.4, 0.5) is 4.39 Å². The van der Waals surface area contributed by atoms with Gasteiger partial charge in [0.1, 0.15) is 6.33 Å². The minimum absolute atomic E-state index is 0.0293. The average molecular weight is 423 g/mol. The molecule has 2 unspecified atom stereocenters. The van der Waals surface area contributed by atoms with Gasteiger partial charge in [-0.2, -0.15) is 0 Å². The quantitative estimate of drug-likeness (QED) is 0.614. The molecule has 0 fully saturated rings. The lowest BCUT2D eigenvalue weighted by molar-refractivity contribution is -0.125. The number of halogens is 2. The molecule has 2 atom stereocenters. The lowest BCUT2D eigenvalue weighted by Gasteiger charge is -2.21. The van der Waals surface area contributed by atoms with Gasteiger partial charge >= 0.3 is 0 Å². The molecule has 1 N–H and O–H groups in total. The number of aliphatic imine (C=N–C) groups is 1. The summed E-state index contributed by atoms with van der Waals surface area (Å²) in [4.78, 5) is 18.8. The zero-order chi connectivity index (χ0) is 22.0. The topological polar surface area (TPSA) is 52.9 Å². The molecule has 1 rings (SSSR count). The second kappa shape index (κ2) is 12.6. The summed E-state index contributed by atoms with van der Waals surface area (Å²) in [6.45, 7) is 10.2. The SMILES string of the molecule is C=C(C)C(C/C(Cl)=C/F)CC1/C=C/C=C/CN(C)C(=O)/C(C)=C(\CO)C(C)=NC1. The highest BCUT2D eigenvalue weighted by Crippen LogP contribution is 2.28. The van der Waals surface area contributed by atoms with E-state index in [4.69, 9.17) is 11.6 Å². The fourth-order valence-electron chi connectivity index (χ4n) is 3.19. The van der Waals surface area contributed by atoms with Gasteiger partial charge in [-0.25, -0.2) is 4.39 Å². The molecule has 0 saturated heterocycles. The molecule has 0 radical (unpaired) electrons. The fraction of sp³-hybridized carbons (Fsp3) is 0.478. The molecule has 4 nitrogen and oxygen atoms in total. The summed E-state index contributed by atoms with van der Waals surface area (Å²) in [6.07, 6.45) is 9.36. The molecule has 0 aromatic carbocycles. The van der Waals surface area contributed by atoms with E-state index in [0.29, 0.717) is 42.7 Å². The van der Waals surface area contributed by atoms with Crippen LogP contribution in [0.15, 0.2) is 64.0 Å². The van der Waals surface area contributed by atoms with Gasteiger partial charge in [0.2, 0.25) is 5.91 Å². The molecule has 6 heteroatoms. The summed E-state index contributed by atoms with van der Waals surface area (Å²) in [5, 5.41) is 9.98. The molecule has 29 heavy (non-hydrogen) atoms. The number of carbonyl (C=O) groups excluding carboxylic acids is 1. The molecule has 1 heterocycles. The molecule has 0 saturated carbocycles. The number of nitrogens with zero attached hydrogens (tertiary/aromatic N) is 2. The first-order valence-corrected chi connectivity index (χ1v) is 10.1. The summed E-state index contributed by atoms with van der Waals surface area (Å²) in [5.41, 5.74) is 2.63. The molecule has 0 bridgehead atoms. The second-order valence-corrected chi connectivity index (χ2v) is 7.97. The van der Waals surface area contributed by atoms with Crippen LogP contribution in [0.5, 0.6) is 0 Å². The van der Waals surface area contributed by atoms with Crippen LogP contribution >= 0.6 is 11.6 Å². The zero-order valence-corrected chi connectivity index (χ0v) is 18.5. The normalized spacial score (nSPS) is 25.4. The number of allylic oxidation sites excluding steroid dienone is 4. The molecular weight excluding hydrogens is 391 g/mol. The average Bonchev–Trinajstić information content (AvgIpc) is 2.69. The number of hydrogen-bond acceptors (Lipinski definition) is 3. The molecule has 0 aliphatic carbocycles. The van der Waals surface area contributed by atoms with Crippen LogP contribution in [-0.2, 0) is 4.79 Å². The number of aliphatic hydroxyl groups excluding tert-OH is 1. The first kappa shape index (κ1) is 25.1. The zero-order valence-electron chi connectivity index (χ0n) is 17.8. The maximum atomic E-state index is 12.7. The van der Waals surface area contributed by atoms with E-state index in [-0.39, 0.29) is 29.4 Å². The monoisotopic (exact) mass is 422 g/mol. The standard InChI is InChI=1S/C23H32ClFN2O2/c1-16(2)20(12-21(24)13-25)11-19-9-7-6-8-10-27(5)23(29)17(3)22(15-28)18(4)26-14-19/h6-9,13,19-20,28H,1,10-12,14-15H2,2-5H3/b8-6+,9-7+,21-13-,22-17+,26-18?. The summed E-state index contributed by atoms with van der Waals surface area (Å²) < 4.78 is 12.7. The van der Waals surface area contributed by atoms with E-state index in [9.17, 15) is 14.3 Å². The van der Waals surface area contributed by atoms with Crippen LogP contribution < -0.4 is 0 Å². The Kier molecular flexibility index (Phi) is 10.8. The summed E-state index contributed by atoms with van der Waals surface area (Å²) >= 11 is 5.91. The van der Waals surface area contributed by atoms with E-state index in [0.717, 1.165) is 12.0 Å². The van der Waals surface area contributed by atoms with E-state index < -0.39 is 0 Å². The van der Waals surface area contributed by atoms with Crippen molar-refractivity contribution in [2.45, 2.75) is 33.6 Å². The minimum atomic E-state index is -0.248. The third kappa shape index (κ3) is 8.11. The van der Waals surface area contributed by atoms with Crippen molar-refractivity contribution >= 4 is 23.2 Å². The van der Waals surface area contributed by atoms with Gasteiger partial charge in [-0.15, -0.1) is 0 Å². The van der Waals surface area contributed by atoms with Crippen molar-refractivity contribution in [3.8, 4) is 0 Å². The van der Waals surface area contributed by atoms with E-state index in [1.165, 1.54) is 0 Å². The largest absolute Gasteiger partial charge is 0.392 e. The summed E-state index contributed by atoms with van der Waals surface area (Å²) in [7, 11) is 1.73. The van der Waals surface area contributed by atoms with Gasteiger partial charge in [0.15, 0.2) is 0 Å². The van der Waals surface area contributed by atoms with Crippen LogP contribution in [0.1, 0.15) is 33.6 Å². The Labute approximate surface area is 178 Å². The van der Waals surface area contributed by atoms with Crippen LogP contribution in [0.3, 0.4) is 0 Å². The molecule has 0 spiro atoms. The Morgan fingerprint density at radius 3 is 2.76 bits per heavy atom. The summed E-state index contributed by atoms with van der Waals surface area (Å²) in [5.74, 6) is -0.0283. The van der Waals surface area contributed by atoms with E-state index in [1.807, 2.05) is 25.2 Å². The number of likely N-dealkylation sites (N-methyl/N-ethyl adjacent to an activating group) is 1. The highest BCUT2D eigenvalue weighted by Gasteiger charge is 2.19. The van der Waals surface area contributed by atoms with E-state index in [1.54, 1.807) is 25.8 Å². The molecule has 0 aromatic heterocycles. The van der Waals surface area contributed by atoms with E-state index in [2.05, 4.69) is 17.6 Å². The lowest BCUT2D eigenvalue weighted by atomic mass is 9.87. The Morgan fingerprint density at radius 2 is 2.17 bits per heavy atom. The molecular formula is C23H32ClFN2O2. The van der Waals surface area contributed by atoms with Crippen molar-refractivity contribution in [2.24, 2.45) is 16.8 Å². The summed E-state index contributed by atoms with van der Waals surface area (Å²) in [6, 6.07) is 0. The predicted molar refractivity (Wildman–Crippen MR) is 120 cm³/mol. The maximum absolute atomic E-state index is 12.7. The van der Waals surface area contributed by atoms with Crippen molar-refractivity contribution in [1.82, 2.24) is 4.90 Å². The predicted octanol–water partition coefficient (Wildman–Crippen LogP) is 4.98. The van der Waals surface area contributed by atoms with Gasteiger partial charge in [0.25, 0.3) is 0 Å². The second-order valence-electron chi connectivity index (χ2n) is 7.49. The maximum Gasteiger partial charge on any atom is 0.249 e. The Bertz CT molecular complexity index is 750. The molecule has 1 aliphatic heterocycles. The van der Waals surface area contributed by atoms with Gasteiger partial charge in [0.05, 0.1) is 6.61 Å². The Morgan fingerprint density at radius 1 is 1.48 bits per heavy atom. The van der Waals surface area contributed by atoms with Gasteiger partial charge in [-0.3, -0.25) is 9.79 Å². The Hall–Kier alpha value is -1.98. The smallest absolute Gasteiger partial charge is 0.249 e. The fourth-order valence-corrected chi connectivity index (χ4v) is 3.38. The van der Waals surface area contributed by atoms with Crippen molar-refractivity contribution < 1.29 is 14.3 Å². The van der Waals surface area contributed by atoms with Gasteiger partial charge in [-0.1, -0.05) is 48.1 Å². The molecule has 0 aromatic rings. The first-order valence-electron chi connectivity index (χ1n) is 9.72. The highest BCUT2D eigenvalue weighted by molar-refractivity contribution is 6.29. The van der Waals surface area contributed by atoms with Crippen LogP contribution in [0.25, 0.3) is 0 Å². The minimum Gasteiger partial charge on any atom is -0.392 e. The van der Waals surface area contributed by atoms with Crippen molar-refractivity contribution in [2.75, 3.05) is 26.7 Å². The number of carbonyl (C=O) groups is 1. The van der Waals surface area contributed by atoms with Crippen LogP contribution in [0.2, 0.25) is 0 Å². The van der Waals surface area contributed by atoms with Gasteiger partial charge in [-0.05, 0) is 45.4 Å². The number of rotatable bonds is 6. The third-order valence-electron chi connectivity index (χ3n) is 5.13. The Balaban J connectivity index is 3.22. The van der Waals surface area contributed by atoms with Crippen LogP contribution in [-0.4, -0.2) is 48.4 Å². The lowest BCUT2D eigenvalue weighted by Crippen LogP contribution is -2.29. The van der Waals surface area contributed by atoms with Gasteiger partial charge in [0, 0.05) is 42.0 Å². The van der Waals surface area contributed by atoms with Crippen molar-refractivity contribution in [3.63, 3.8) is 0 Å². The van der Waals surface area contributed by atoms with Crippen LogP contribution in [0, 0.1) is 11.8 Å². The third-order valence-corrected chi connectivity index (χ3v) is 5.37. The molecule has 1 amide bonds.